The largest absolute Gasteiger partial charge is 0.372 e. The van der Waals surface area contributed by atoms with Crippen LogP contribution in [0.5, 0.6) is 0 Å². The van der Waals surface area contributed by atoms with Gasteiger partial charge in [-0.05, 0) is 11.1 Å². The van der Waals surface area contributed by atoms with E-state index in [2.05, 4.69) is 0 Å². The summed E-state index contributed by atoms with van der Waals surface area (Å²) in [4.78, 5) is 0. The minimum Gasteiger partial charge on any atom is -0.372 e. The first-order chi connectivity index (χ1) is 8.59. The molecular formula is C14H14O. The molecule has 0 aliphatic heterocycles. The number of hydrogen-bond acceptors (Lipinski definition) is 1. The lowest BCUT2D eigenvalue weighted by atomic mass is 10.2. The molecule has 0 saturated carbocycles. The molecule has 1 nitrogen and oxygen atoms in total. The molecule has 0 aliphatic carbocycles. The molecule has 0 radical (unpaired) electrons. The van der Waals surface area contributed by atoms with Crippen LogP contribution >= 0.6 is 0 Å². The van der Waals surface area contributed by atoms with Crippen molar-refractivity contribution in [2.24, 2.45) is 0 Å². The Morgan fingerprint density at radius 3 is 1.93 bits per heavy atom. The summed E-state index contributed by atoms with van der Waals surface area (Å²) in [5.74, 6) is 0. The molecule has 0 aromatic heterocycles. The molecule has 15 heavy (non-hydrogen) atoms. The molecule has 1 unspecified atom stereocenters. The van der Waals surface area contributed by atoms with Gasteiger partial charge in [-0.1, -0.05) is 60.7 Å². The molecule has 0 saturated heterocycles. The second-order valence-electron chi connectivity index (χ2n) is 3.11. The zero-order valence-electron chi connectivity index (χ0n) is 11.3. The van der Waals surface area contributed by atoms with Crippen molar-refractivity contribution < 1.29 is 8.85 Å². The van der Waals surface area contributed by atoms with Crippen LogP contribution < -0.4 is 0 Å². The van der Waals surface area contributed by atoms with Gasteiger partial charge in [-0.2, -0.15) is 0 Å². The first kappa shape index (κ1) is 6.81. The molecule has 0 N–H and O–H groups in total. The van der Waals surface area contributed by atoms with E-state index in [4.69, 9.17) is 8.85 Å². The standard InChI is InChI=1S/C14H14O/c1-3-7-13(8-4-1)11-15-12-14-9-5-2-6-10-14/h1-10H,11-12H2/i11D,12D2. The van der Waals surface area contributed by atoms with E-state index in [9.17, 15) is 0 Å². The molecular weight excluding hydrogens is 184 g/mol. The van der Waals surface area contributed by atoms with Gasteiger partial charge >= 0.3 is 0 Å². The third-order valence-electron chi connectivity index (χ3n) is 1.95. The van der Waals surface area contributed by atoms with Gasteiger partial charge in [0.25, 0.3) is 0 Å². The number of ether oxygens (including phenoxy) is 1. The molecule has 1 heteroatoms. The molecule has 0 amide bonds. The summed E-state index contributed by atoms with van der Waals surface area (Å²) < 4.78 is 28.8. The van der Waals surface area contributed by atoms with Gasteiger partial charge in [0.15, 0.2) is 0 Å². The van der Waals surface area contributed by atoms with Gasteiger partial charge in [0.1, 0.15) is 0 Å². The topological polar surface area (TPSA) is 9.23 Å². The molecule has 0 heterocycles. The third kappa shape index (κ3) is 3.22. The molecule has 76 valence electrons. The van der Waals surface area contributed by atoms with Gasteiger partial charge in [0.05, 0.1) is 17.3 Å². The average Bonchev–Trinajstić information content (AvgIpc) is 2.40. The summed E-state index contributed by atoms with van der Waals surface area (Å²) in [5, 5.41) is 0. The van der Waals surface area contributed by atoms with Crippen molar-refractivity contribution in [3.63, 3.8) is 0 Å². The second-order valence-corrected chi connectivity index (χ2v) is 3.11. The van der Waals surface area contributed by atoms with Crippen molar-refractivity contribution in [3.8, 4) is 0 Å². The zero-order chi connectivity index (χ0) is 13.0. The highest BCUT2D eigenvalue weighted by Crippen LogP contribution is 2.05. The van der Waals surface area contributed by atoms with E-state index in [0.717, 1.165) is 0 Å². The van der Waals surface area contributed by atoms with Crippen LogP contribution in [0.3, 0.4) is 0 Å². The maximum Gasteiger partial charge on any atom is 0.0721 e. The van der Waals surface area contributed by atoms with Gasteiger partial charge in [-0.15, -0.1) is 0 Å². The maximum absolute atomic E-state index is 7.87. The summed E-state index contributed by atoms with van der Waals surface area (Å²) in [7, 11) is 0. The van der Waals surface area contributed by atoms with Crippen LogP contribution in [0.1, 0.15) is 15.2 Å². The van der Waals surface area contributed by atoms with Crippen LogP contribution in [-0.4, -0.2) is 0 Å². The van der Waals surface area contributed by atoms with E-state index in [0.29, 0.717) is 11.1 Å². The third-order valence-corrected chi connectivity index (χ3v) is 1.95. The number of rotatable bonds is 4. The Morgan fingerprint density at radius 1 is 0.800 bits per heavy atom. The van der Waals surface area contributed by atoms with E-state index in [1.54, 1.807) is 48.5 Å². The van der Waals surface area contributed by atoms with Gasteiger partial charge in [0, 0.05) is 0 Å². The van der Waals surface area contributed by atoms with Crippen molar-refractivity contribution in [1.29, 1.82) is 0 Å². The van der Waals surface area contributed by atoms with E-state index in [1.807, 2.05) is 12.1 Å². The van der Waals surface area contributed by atoms with E-state index >= 15 is 0 Å². The predicted molar refractivity (Wildman–Crippen MR) is 61.4 cm³/mol. The SMILES string of the molecule is [2H]C(OC([2H])([2H])c1ccccc1)c1ccccc1. The lowest BCUT2D eigenvalue weighted by molar-refractivity contribution is 0.107. The lowest BCUT2D eigenvalue weighted by Crippen LogP contribution is -1.93. The minimum absolute atomic E-state index is 0.415. The van der Waals surface area contributed by atoms with Crippen LogP contribution in [-0.2, 0) is 17.9 Å². The first-order valence-electron chi connectivity index (χ1n) is 6.38. The first-order valence-corrected chi connectivity index (χ1v) is 4.80. The quantitative estimate of drug-likeness (QED) is 0.736. The second kappa shape index (κ2) is 5.32. The fourth-order valence-corrected chi connectivity index (χ4v) is 1.20. The molecule has 2 rings (SSSR count). The molecule has 2 aromatic carbocycles. The summed E-state index contributed by atoms with van der Waals surface area (Å²) >= 11 is 0. The molecule has 0 aliphatic rings. The summed E-state index contributed by atoms with van der Waals surface area (Å²) in [6, 6.07) is 17.6. The molecule has 0 fully saturated rings. The van der Waals surface area contributed by atoms with E-state index < -0.39 is 13.1 Å². The Hall–Kier alpha value is -1.60. The fourth-order valence-electron chi connectivity index (χ4n) is 1.20. The van der Waals surface area contributed by atoms with Gasteiger partial charge in [-0.3, -0.25) is 0 Å². The average molecular weight is 201 g/mol. The monoisotopic (exact) mass is 201 g/mol. The normalized spacial score (nSPS) is 16.1. The van der Waals surface area contributed by atoms with Gasteiger partial charge in [-0.25, -0.2) is 0 Å². The van der Waals surface area contributed by atoms with E-state index in [1.165, 1.54) is 0 Å². The highest BCUT2D eigenvalue weighted by molar-refractivity contribution is 5.15. The van der Waals surface area contributed by atoms with Gasteiger partial charge in [0.2, 0.25) is 0 Å². The summed E-state index contributed by atoms with van der Waals surface area (Å²) in [5.41, 5.74) is 1.05. The fraction of sp³-hybridized carbons (Fsp3) is 0.143. The minimum atomic E-state index is -1.97. The highest BCUT2D eigenvalue weighted by atomic mass is 16.5. The van der Waals surface area contributed by atoms with Crippen LogP contribution in [0.25, 0.3) is 0 Å². The zero-order valence-corrected chi connectivity index (χ0v) is 8.26. The van der Waals surface area contributed by atoms with Crippen molar-refractivity contribution in [2.45, 2.75) is 13.1 Å². The Balaban J connectivity index is 2.14. The van der Waals surface area contributed by atoms with Crippen LogP contribution in [0.4, 0.5) is 0 Å². The van der Waals surface area contributed by atoms with Crippen molar-refractivity contribution >= 4 is 0 Å². The molecule has 2 aromatic rings. The van der Waals surface area contributed by atoms with Crippen molar-refractivity contribution in [2.75, 3.05) is 0 Å². The Kier molecular flexibility index (Phi) is 2.41. The van der Waals surface area contributed by atoms with Gasteiger partial charge < -0.3 is 4.74 Å². The molecule has 1 atom stereocenters. The van der Waals surface area contributed by atoms with Crippen LogP contribution in [0, 0.1) is 0 Å². The highest BCUT2D eigenvalue weighted by Gasteiger charge is 1.93. The predicted octanol–water partition coefficient (Wildman–Crippen LogP) is 3.40. The molecule has 0 spiro atoms. The van der Waals surface area contributed by atoms with Crippen LogP contribution in [0.2, 0.25) is 0 Å². The van der Waals surface area contributed by atoms with Crippen molar-refractivity contribution in [3.05, 3.63) is 71.8 Å². The Labute approximate surface area is 94.5 Å². The smallest absolute Gasteiger partial charge is 0.0721 e. The summed E-state index contributed by atoms with van der Waals surface area (Å²) in [6.45, 7) is -3.01. The van der Waals surface area contributed by atoms with Crippen molar-refractivity contribution in [1.82, 2.24) is 0 Å². The molecule has 0 bridgehead atoms. The van der Waals surface area contributed by atoms with E-state index in [-0.39, 0.29) is 0 Å². The Morgan fingerprint density at radius 2 is 1.33 bits per heavy atom. The maximum atomic E-state index is 7.87. The van der Waals surface area contributed by atoms with Crippen LogP contribution in [0.15, 0.2) is 60.7 Å². The number of benzene rings is 2. The summed E-state index contributed by atoms with van der Waals surface area (Å²) in [6.07, 6.45) is 0. The Bertz CT molecular complexity index is 485. The number of hydrogen-bond donors (Lipinski definition) is 0. The lowest BCUT2D eigenvalue weighted by Gasteiger charge is -2.03.